The predicted octanol–water partition coefficient (Wildman–Crippen LogP) is 2.61. The van der Waals surface area contributed by atoms with Crippen LogP contribution in [0.2, 0.25) is 0 Å². The molecular formula is C15H24ClN3O2. The largest absolute Gasteiger partial charge is 0.370 e. The lowest BCUT2D eigenvalue weighted by Gasteiger charge is -2.55. The van der Waals surface area contributed by atoms with Gasteiger partial charge >= 0.3 is 0 Å². The number of ether oxygens (including phenoxy) is 1. The summed E-state index contributed by atoms with van der Waals surface area (Å²) in [5, 5.41) is 4.30. The van der Waals surface area contributed by atoms with E-state index in [1.54, 1.807) is 7.11 Å². The van der Waals surface area contributed by atoms with Crippen molar-refractivity contribution in [3.05, 3.63) is 11.7 Å². The van der Waals surface area contributed by atoms with E-state index in [0.29, 0.717) is 12.4 Å². The monoisotopic (exact) mass is 313 g/mol. The van der Waals surface area contributed by atoms with Gasteiger partial charge in [0.15, 0.2) is 5.82 Å². The van der Waals surface area contributed by atoms with Gasteiger partial charge in [-0.1, -0.05) is 5.16 Å². The van der Waals surface area contributed by atoms with Gasteiger partial charge in [-0.2, -0.15) is 4.98 Å². The fourth-order valence-electron chi connectivity index (χ4n) is 5.26. The lowest BCUT2D eigenvalue weighted by molar-refractivity contribution is -0.0103. The van der Waals surface area contributed by atoms with Gasteiger partial charge in [-0.05, 0) is 56.3 Å². The van der Waals surface area contributed by atoms with Crippen LogP contribution in [-0.2, 0) is 10.2 Å². The normalized spacial score (nSPS) is 38.3. The molecule has 4 saturated carbocycles. The highest BCUT2D eigenvalue weighted by molar-refractivity contribution is 5.85. The third-order valence-corrected chi connectivity index (χ3v) is 5.73. The summed E-state index contributed by atoms with van der Waals surface area (Å²) >= 11 is 0. The van der Waals surface area contributed by atoms with E-state index in [1.165, 1.54) is 38.5 Å². The second-order valence-electron chi connectivity index (χ2n) is 7.11. The van der Waals surface area contributed by atoms with Crippen molar-refractivity contribution in [2.24, 2.45) is 23.5 Å². The molecule has 6 heteroatoms. The topological polar surface area (TPSA) is 74.2 Å². The first-order chi connectivity index (χ1) is 9.72. The molecule has 0 amide bonds. The summed E-state index contributed by atoms with van der Waals surface area (Å²) < 4.78 is 10.7. The van der Waals surface area contributed by atoms with E-state index in [2.05, 4.69) is 10.1 Å². The Labute approximate surface area is 131 Å². The van der Waals surface area contributed by atoms with Crippen LogP contribution >= 0.6 is 12.4 Å². The van der Waals surface area contributed by atoms with Gasteiger partial charge in [0.2, 0.25) is 0 Å². The molecule has 2 N–H and O–H groups in total. The maximum absolute atomic E-state index is 5.68. The zero-order valence-electron chi connectivity index (χ0n) is 12.5. The van der Waals surface area contributed by atoms with Crippen LogP contribution in [-0.4, -0.2) is 23.8 Å². The van der Waals surface area contributed by atoms with E-state index in [0.717, 1.165) is 23.6 Å². The van der Waals surface area contributed by atoms with Crippen molar-refractivity contribution < 1.29 is 9.26 Å². The Morgan fingerprint density at radius 1 is 1.24 bits per heavy atom. The Morgan fingerprint density at radius 3 is 2.29 bits per heavy atom. The van der Waals surface area contributed by atoms with E-state index >= 15 is 0 Å². The molecule has 1 heterocycles. The summed E-state index contributed by atoms with van der Waals surface area (Å²) in [6, 6.07) is 0. The molecule has 21 heavy (non-hydrogen) atoms. The van der Waals surface area contributed by atoms with Gasteiger partial charge in [-0.25, -0.2) is 0 Å². The molecule has 5 nitrogen and oxygen atoms in total. The van der Waals surface area contributed by atoms with E-state index in [1.807, 2.05) is 0 Å². The summed E-state index contributed by atoms with van der Waals surface area (Å²) in [6.45, 7) is 0.374. The molecule has 4 aliphatic carbocycles. The lowest BCUT2D eigenvalue weighted by atomic mass is 9.49. The number of hydrogen-bond acceptors (Lipinski definition) is 5. The van der Waals surface area contributed by atoms with Gasteiger partial charge in [0, 0.05) is 19.1 Å². The van der Waals surface area contributed by atoms with Crippen LogP contribution in [0.3, 0.4) is 0 Å². The van der Waals surface area contributed by atoms with Gasteiger partial charge in [-0.3, -0.25) is 0 Å². The molecule has 1 aromatic heterocycles. The Kier molecular flexibility index (Phi) is 4.01. The highest BCUT2D eigenvalue weighted by Gasteiger charge is 2.53. The van der Waals surface area contributed by atoms with Gasteiger partial charge in [0.25, 0.3) is 5.89 Å². The number of nitrogens with two attached hydrogens (primary N) is 1. The third kappa shape index (κ3) is 2.39. The minimum atomic E-state index is -0.273. The first kappa shape index (κ1) is 15.3. The van der Waals surface area contributed by atoms with Crippen LogP contribution in [0, 0.1) is 17.8 Å². The number of hydrogen-bond donors (Lipinski definition) is 1. The highest BCUT2D eigenvalue weighted by Crippen LogP contribution is 2.60. The Hall–Kier alpha value is -0.650. The van der Waals surface area contributed by atoms with Crippen LogP contribution in [0.15, 0.2) is 4.52 Å². The molecule has 0 aromatic carbocycles. The number of aromatic nitrogens is 2. The van der Waals surface area contributed by atoms with Gasteiger partial charge in [0.1, 0.15) is 6.10 Å². The molecule has 0 spiro atoms. The van der Waals surface area contributed by atoms with Crippen molar-refractivity contribution in [3.8, 4) is 0 Å². The van der Waals surface area contributed by atoms with E-state index in [-0.39, 0.29) is 23.9 Å². The number of nitrogens with zero attached hydrogens (tertiary/aromatic N) is 2. The zero-order chi connectivity index (χ0) is 13.7. The smallest absolute Gasteiger partial charge is 0.257 e. The first-order valence-corrected chi connectivity index (χ1v) is 7.79. The van der Waals surface area contributed by atoms with E-state index in [4.69, 9.17) is 15.0 Å². The second-order valence-corrected chi connectivity index (χ2v) is 7.11. The standard InChI is InChI=1S/C15H23N3O2.ClH/c1-19-12(8-16)13-17-14(18-20-13)15-5-9-2-10(6-15)4-11(3-9)7-15;/h9-12H,2-8,16H2,1H3;1H. The first-order valence-electron chi connectivity index (χ1n) is 7.79. The SMILES string of the molecule is COC(CN)c1nc(C23CC4CC(CC(C4)C2)C3)no1.Cl. The van der Waals surface area contributed by atoms with Crippen molar-refractivity contribution in [1.82, 2.24) is 10.1 Å². The summed E-state index contributed by atoms with van der Waals surface area (Å²) in [7, 11) is 1.63. The van der Waals surface area contributed by atoms with Crippen LogP contribution in [0.25, 0.3) is 0 Å². The number of halogens is 1. The average Bonchev–Trinajstić information content (AvgIpc) is 2.89. The van der Waals surface area contributed by atoms with Gasteiger partial charge in [0.05, 0.1) is 0 Å². The Balaban J connectivity index is 0.00000132. The van der Waals surface area contributed by atoms with E-state index in [9.17, 15) is 0 Å². The van der Waals surface area contributed by atoms with Crippen LogP contribution in [0.4, 0.5) is 0 Å². The second kappa shape index (κ2) is 5.52. The van der Waals surface area contributed by atoms with Crippen molar-refractivity contribution in [1.29, 1.82) is 0 Å². The fraction of sp³-hybridized carbons (Fsp3) is 0.867. The molecule has 118 valence electrons. The van der Waals surface area contributed by atoms with Crippen molar-refractivity contribution in [2.45, 2.75) is 50.0 Å². The summed E-state index contributed by atoms with van der Waals surface area (Å²) in [6.07, 6.45) is 7.74. The van der Waals surface area contributed by atoms with Crippen LogP contribution < -0.4 is 5.73 Å². The molecule has 4 bridgehead atoms. The molecule has 1 atom stereocenters. The number of rotatable bonds is 4. The van der Waals surface area contributed by atoms with Gasteiger partial charge < -0.3 is 15.0 Å². The predicted molar refractivity (Wildman–Crippen MR) is 80.2 cm³/mol. The summed E-state index contributed by atoms with van der Waals surface area (Å²) in [4.78, 5) is 4.66. The Morgan fingerprint density at radius 2 is 1.81 bits per heavy atom. The lowest BCUT2D eigenvalue weighted by Crippen LogP contribution is -2.49. The molecule has 1 aromatic rings. The molecule has 1 unspecified atom stereocenters. The van der Waals surface area contributed by atoms with Crippen molar-refractivity contribution in [2.75, 3.05) is 13.7 Å². The minimum Gasteiger partial charge on any atom is -0.370 e. The molecule has 4 aliphatic rings. The van der Waals surface area contributed by atoms with Crippen molar-refractivity contribution >= 4 is 12.4 Å². The minimum absolute atomic E-state index is 0. The van der Waals surface area contributed by atoms with Crippen molar-refractivity contribution in [3.63, 3.8) is 0 Å². The summed E-state index contributed by atoms with van der Waals surface area (Å²) in [5.74, 6) is 4.12. The molecule has 5 rings (SSSR count). The molecule has 0 aliphatic heterocycles. The van der Waals surface area contributed by atoms with Gasteiger partial charge in [-0.15, -0.1) is 12.4 Å². The van der Waals surface area contributed by atoms with Crippen LogP contribution in [0.5, 0.6) is 0 Å². The molecule has 0 saturated heterocycles. The third-order valence-electron chi connectivity index (χ3n) is 5.73. The zero-order valence-corrected chi connectivity index (χ0v) is 13.3. The average molecular weight is 314 g/mol. The number of methoxy groups -OCH3 is 1. The molecule has 0 radical (unpaired) electrons. The Bertz CT molecular complexity index is 466. The summed E-state index contributed by atoms with van der Waals surface area (Å²) in [5.41, 5.74) is 5.86. The van der Waals surface area contributed by atoms with Crippen LogP contribution in [0.1, 0.15) is 56.3 Å². The maximum atomic E-state index is 5.68. The maximum Gasteiger partial charge on any atom is 0.257 e. The fourth-order valence-corrected chi connectivity index (χ4v) is 5.26. The quantitative estimate of drug-likeness (QED) is 0.925. The highest BCUT2D eigenvalue weighted by atomic mass is 35.5. The molecule has 4 fully saturated rings. The molecular weight excluding hydrogens is 290 g/mol. The van der Waals surface area contributed by atoms with E-state index < -0.39 is 0 Å².